The van der Waals surface area contributed by atoms with Gasteiger partial charge in [0.05, 0.1) is 26.0 Å². The molecule has 2 heterocycles. The largest absolute Gasteiger partial charge is 0.497 e. The number of hydrogen-bond acceptors (Lipinski definition) is 7. The normalized spacial score (nSPS) is 15.2. The lowest BCUT2D eigenvalue weighted by molar-refractivity contribution is 0.0377. The number of ether oxygens (including phenoxy) is 2. The van der Waals surface area contributed by atoms with E-state index in [0.717, 1.165) is 43.8 Å². The van der Waals surface area contributed by atoms with E-state index in [1.165, 1.54) is 13.3 Å². The topological polar surface area (TPSA) is 109 Å². The molecule has 0 spiro atoms. The van der Waals surface area contributed by atoms with E-state index in [2.05, 4.69) is 14.9 Å². The zero-order valence-corrected chi connectivity index (χ0v) is 15.8. The molecule has 0 atom stereocenters. The second-order valence-electron chi connectivity index (χ2n) is 6.37. The number of methoxy groups -OCH3 is 1. The summed E-state index contributed by atoms with van der Waals surface area (Å²) >= 11 is 0. The average molecular weight is 388 g/mol. The molecule has 0 bridgehead atoms. The van der Waals surface area contributed by atoms with E-state index >= 15 is 0 Å². The molecule has 0 amide bonds. The van der Waals surface area contributed by atoms with Crippen molar-refractivity contribution >= 4 is 6.21 Å². The van der Waals surface area contributed by atoms with Crippen LogP contribution in [0.25, 0.3) is 5.69 Å². The molecule has 9 heteroatoms. The Morgan fingerprint density at radius 3 is 2.64 bits per heavy atom. The van der Waals surface area contributed by atoms with Gasteiger partial charge in [0.1, 0.15) is 11.3 Å². The molecule has 1 aromatic carbocycles. The van der Waals surface area contributed by atoms with Crippen LogP contribution in [0.2, 0.25) is 0 Å². The smallest absolute Gasteiger partial charge is 0.335 e. The van der Waals surface area contributed by atoms with Crippen LogP contribution in [0.1, 0.15) is 12.0 Å². The van der Waals surface area contributed by atoms with Crippen LogP contribution in [0.15, 0.2) is 38.8 Å². The minimum Gasteiger partial charge on any atom is -0.497 e. The van der Waals surface area contributed by atoms with E-state index in [4.69, 9.17) is 9.47 Å². The Labute approximate surface area is 161 Å². The van der Waals surface area contributed by atoms with Crippen molar-refractivity contribution in [1.82, 2.24) is 14.5 Å². The van der Waals surface area contributed by atoms with Gasteiger partial charge in [-0.3, -0.25) is 19.7 Å². The standard InChI is InChI=1S/C19H24N4O5/c1-27-15-5-3-14(4-6-15)23-18(25)16(17(24)21-19(23)26)13-20-7-2-8-22-9-11-28-12-10-22/h3-6,13,25H,2,7-12H2,1H3,(H,21,24,26). The van der Waals surface area contributed by atoms with Crippen molar-refractivity contribution in [2.75, 3.05) is 46.5 Å². The van der Waals surface area contributed by atoms with Gasteiger partial charge in [-0.05, 0) is 30.7 Å². The van der Waals surface area contributed by atoms with E-state index in [9.17, 15) is 14.7 Å². The molecule has 28 heavy (non-hydrogen) atoms. The number of nitrogens with zero attached hydrogens (tertiary/aromatic N) is 3. The number of aromatic nitrogens is 2. The summed E-state index contributed by atoms with van der Waals surface area (Å²) < 4.78 is 11.4. The number of aromatic amines is 1. The monoisotopic (exact) mass is 388 g/mol. The van der Waals surface area contributed by atoms with Crippen molar-refractivity contribution in [3.8, 4) is 17.3 Å². The molecule has 1 aliphatic heterocycles. The van der Waals surface area contributed by atoms with Crippen LogP contribution in [0.5, 0.6) is 11.6 Å². The SMILES string of the molecule is COc1ccc(-n2c(O)c(C=NCCCN3CCOCC3)c(=O)[nH]c2=O)cc1. The Bertz CT molecular complexity index is 927. The first-order valence-electron chi connectivity index (χ1n) is 9.13. The molecule has 2 N–H and O–H groups in total. The molecule has 1 fully saturated rings. The Hall–Kier alpha value is -2.91. The fraction of sp³-hybridized carbons (Fsp3) is 0.421. The highest BCUT2D eigenvalue weighted by Crippen LogP contribution is 2.18. The van der Waals surface area contributed by atoms with Crippen LogP contribution in [-0.4, -0.2) is 72.3 Å². The molecule has 9 nitrogen and oxygen atoms in total. The summed E-state index contributed by atoms with van der Waals surface area (Å²) in [6, 6.07) is 6.54. The molecular weight excluding hydrogens is 364 g/mol. The Morgan fingerprint density at radius 1 is 1.25 bits per heavy atom. The lowest BCUT2D eigenvalue weighted by Gasteiger charge is -2.26. The van der Waals surface area contributed by atoms with Crippen molar-refractivity contribution in [3.63, 3.8) is 0 Å². The Balaban J connectivity index is 1.73. The number of aliphatic imine (C=N–C) groups is 1. The van der Waals surface area contributed by atoms with Gasteiger partial charge in [0, 0.05) is 32.4 Å². The van der Waals surface area contributed by atoms with Crippen molar-refractivity contribution in [2.24, 2.45) is 4.99 Å². The third kappa shape index (κ3) is 4.68. The molecule has 0 aliphatic carbocycles. The number of benzene rings is 1. The fourth-order valence-electron chi connectivity index (χ4n) is 2.99. The maximum atomic E-state index is 12.2. The van der Waals surface area contributed by atoms with Crippen LogP contribution in [0.3, 0.4) is 0 Å². The first-order chi connectivity index (χ1) is 13.6. The maximum Gasteiger partial charge on any atom is 0.335 e. The minimum atomic E-state index is -0.725. The first-order valence-corrected chi connectivity index (χ1v) is 9.13. The molecule has 1 aliphatic rings. The lowest BCUT2D eigenvalue weighted by atomic mass is 10.2. The van der Waals surface area contributed by atoms with Crippen LogP contribution < -0.4 is 16.0 Å². The third-order valence-corrected chi connectivity index (χ3v) is 4.54. The summed E-state index contributed by atoms with van der Waals surface area (Å²) in [7, 11) is 1.53. The number of hydrogen-bond donors (Lipinski definition) is 2. The van der Waals surface area contributed by atoms with E-state index in [-0.39, 0.29) is 5.56 Å². The van der Waals surface area contributed by atoms with Crippen molar-refractivity contribution < 1.29 is 14.6 Å². The predicted molar refractivity (Wildman–Crippen MR) is 105 cm³/mol. The summed E-state index contributed by atoms with van der Waals surface area (Å²) in [5.74, 6) is 0.165. The second kappa shape index (κ2) is 9.34. The Kier molecular flexibility index (Phi) is 6.62. The van der Waals surface area contributed by atoms with Gasteiger partial charge in [-0.2, -0.15) is 0 Å². The fourth-order valence-corrected chi connectivity index (χ4v) is 2.99. The summed E-state index contributed by atoms with van der Waals surface area (Å²) in [5, 5.41) is 10.5. The molecule has 1 aromatic heterocycles. The second-order valence-corrected chi connectivity index (χ2v) is 6.37. The highest BCUT2D eigenvalue weighted by molar-refractivity contribution is 5.82. The number of H-pyrrole nitrogens is 1. The van der Waals surface area contributed by atoms with Gasteiger partial charge in [0.15, 0.2) is 0 Å². The van der Waals surface area contributed by atoms with Gasteiger partial charge in [-0.15, -0.1) is 0 Å². The Morgan fingerprint density at radius 2 is 1.96 bits per heavy atom. The molecule has 1 saturated heterocycles. The molecule has 0 radical (unpaired) electrons. The number of aromatic hydroxyl groups is 1. The van der Waals surface area contributed by atoms with Gasteiger partial charge >= 0.3 is 5.69 Å². The van der Waals surface area contributed by atoms with Gasteiger partial charge in [0.25, 0.3) is 5.56 Å². The average Bonchev–Trinajstić information content (AvgIpc) is 2.71. The first kappa shape index (κ1) is 19.8. The van der Waals surface area contributed by atoms with Crippen molar-refractivity contribution in [2.45, 2.75) is 6.42 Å². The molecule has 0 unspecified atom stereocenters. The zero-order chi connectivity index (χ0) is 19.9. The van der Waals surface area contributed by atoms with Crippen molar-refractivity contribution in [3.05, 3.63) is 50.7 Å². The maximum absolute atomic E-state index is 12.2. The minimum absolute atomic E-state index is 0.0539. The summed E-state index contributed by atoms with van der Waals surface area (Å²) in [5.41, 5.74) is -1.05. The molecule has 2 aromatic rings. The van der Waals surface area contributed by atoms with Gasteiger partial charge in [-0.25, -0.2) is 9.36 Å². The summed E-state index contributed by atoms with van der Waals surface area (Å²) in [6.07, 6.45) is 2.14. The van der Waals surface area contributed by atoms with Crippen LogP contribution in [0, 0.1) is 0 Å². The van der Waals surface area contributed by atoms with Crippen molar-refractivity contribution in [1.29, 1.82) is 0 Å². The quantitative estimate of drug-likeness (QED) is 0.524. The third-order valence-electron chi connectivity index (χ3n) is 4.54. The number of morpholine rings is 1. The predicted octanol–water partition coefficient (Wildman–Crippen LogP) is 0.381. The van der Waals surface area contributed by atoms with E-state index in [1.54, 1.807) is 24.3 Å². The number of rotatable bonds is 7. The van der Waals surface area contributed by atoms with Crippen LogP contribution >= 0.6 is 0 Å². The molecule has 3 rings (SSSR count). The molecule has 150 valence electrons. The molecule has 0 saturated carbocycles. The zero-order valence-electron chi connectivity index (χ0n) is 15.8. The van der Waals surface area contributed by atoms with E-state index < -0.39 is 17.1 Å². The van der Waals surface area contributed by atoms with E-state index in [0.29, 0.717) is 18.0 Å². The lowest BCUT2D eigenvalue weighted by Crippen LogP contribution is -2.37. The summed E-state index contributed by atoms with van der Waals surface area (Å²) in [4.78, 5) is 33.0. The van der Waals surface area contributed by atoms with Gasteiger partial charge in [0.2, 0.25) is 5.88 Å². The van der Waals surface area contributed by atoms with Crippen LogP contribution in [0.4, 0.5) is 0 Å². The van der Waals surface area contributed by atoms with E-state index in [1.807, 2.05) is 0 Å². The molecular formula is C19H24N4O5. The highest BCUT2D eigenvalue weighted by atomic mass is 16.5. The summed E-state index contributed by atoms with van der Waals surface area (Å²) in [6.45, 7) is 4.74. The number of nitrogens with one attached hydrogen (secondary N) is 1. The van der Waals surface area contributed by atoms with Gasteiger partial charge in [-0.1, -0.05) is 0 Å². The van der Waals surface area contributed by atoms with Crippen LogP contribution in [-0.2, 0) is 4.74 Å². The highest BCUT2D eigenvalue weighted by Gasteiger charge is 2.14. The van der Waals surface area contributed by atoms with Gasteiger partial charge < -0.3 is 14.6 Å².